The van der Waals surface area contributed by atoms with Crippen molar-refractivity contribution in [1.82, 2.24) is 5.43 Å². The van der Waals surface area contributed by atoms with Crippen LogP contribution in [0.4, 0.5) is 0 Å². The van der Waals surface area contributed by atoms with Gasteiger partial charge < -0.3 is 0 Å². The van der Waals surface area contributed by atoms with E-state index in [-0.39, 0.29) is 0 Å². The third-order valence-electron chi connectivity index (χ3n) is 3.51. The summed E-state index contributed by atoms with van der Waals surface area (Å²) in [6.07, 6.45) is 12.0. The molecule has 0 aliphatic rings. The predicted octanol–water partition coefficient (Wildman–Crippen LogP) is 4.01. The Kier molecular flexibility index (Phi) is 11.3. The van der Waals surface area contributed by atoms with Crippen LogP contribution >= 0.6 is 0 Å². The molecule has 2 heteroatoms. The molecule has 0 aliphatic heterocycles. The SMILES string of the molecule is CCCCCCCCC(NN)C(C)CCC. The molecule has 98 valence electrons. The zero-order valence-corrected chi connectivity index (χ0v) is 11.6. The van der Waals surface area contributed by atoms with Crippen LogP contribution in [0.5, 0.6) is 0 Å². The van der Waals surface area contributed by atoms with Gasteiger partial charge in [-0.1, -0.05) is 65.7 Å². The van der Waals surface area contributed by atoms with Gasteiger partial charge in [-0.3, -0.25) is 11.3 Å². The lowest BCUT2D eigenvalue weighted by Gasteiger charge is -2.22. The quantitative estimate of drug-likeness (QED) is 0.318. The summed E-state index contributed by atoms with van der Waals surface area (Å²) < 4.78 is 0. The zero-order valence-electron chi connectivity index (χ0n) is 11.6. The molecule has 0 heterocycles. The molecule has 0 radical (unpaired) electrons. The molecule has 2 unspecified atom stereocenters. The largest absolute Gasteiger partial charge is 0.271 e. The van der Waals surface area contributed by atoms with Crippen molar-refractivity contribution in [3.8, 4) is 0 Å². The molecular weight excluding hydrogens is 196 g/mol. The highest BCUT2D eigenvalue weighted by molar-refractivity contribution is 4.70. The van der Waals surface area contributed by atoms with Gasteiger partial charge in [-0.05, 0) is 18.8 Å². The van der Waals surface area contributed by atoms with Crippen molar-refractivity contribution in [1.29, 1.82) is 0 Å². The Morgan fingerprint density at radius 1 is 0.875 bits per heavy atom. The van der Waals surface area contributed by atoms with Gasteiger partial charge in [0.2, 0.25) is 0 Å². The van der Waals surface area contributed by atoms with E-state index >= 15 is 0 Å². The highest BCUT2D eigenvalue weighted by atomic mass is 15.2. The van der Waals surface area contributed by atoms with Crippen LogP contribution in [-0.2, 0) is 0 Å². The van der Waals surface area contributed by atoms with Crippen LogP contribution in [0.2, 0.25) is 0 Å². The number of hydrogen-bond acceptors (Lipinski definition) is 2. The van der Waals surface area contributed by atoms with Crippen LogP contribution in [0.25, 0.3) is 0 Å². The smallest absolute Gasteiger partial charge is 0.0236 e. The highest BCUT2D eigenvalue weighted by Gasteiger charge is 2.13. The first kappa shape index (κ1) is 15.9. The molecule has 2 atom stereocenters. The van der Waals surface area contributed by atoms with Gasteiger partial charge in [0.05, 0.1) is 0 Å². The van der Waals surface area contributed by atoms with Gasteiger partial charge >= 0.3 is 0 Å². The Morgan fingerprint density at radius 3 is 2.06 bits per heavy atom. The molecule has 16 heavy (non-hydrogen) atoms. The van der Waals surface area contributed by atoms with E-state index in [1.807, 2.05) is 0 Å². The van der Waals surface area contributed by atoms with Gasteiger partial charge in [0.15, 0.2) is 0 Å². The van der Waals surface area contributed by atoms with Crippen LogP contribution in [0, 0.1) is 5.92 Å². The van der Waals surface area contributed by atoms with E-state index < -0.39 is 0 Å². The number of nitrogens with one attached hydrogen (secondary N) is 1. The van der Waals surface area contributed by atoms with Crippen molar-refractivity contribution in [2.45, 2.75) is 84.6 Å². The molecule has 2 nitrogen and oxygen atoms in total. The third kappa shape index (κ3) is 8.12. The minimum atomic E-state index is 0.520. The lowest BCUT2D eigenvalue weighted by molar-refractivity contribution is 0.331. The summed E-state index contributed by atoms with van der Waals surface area (Å²) in [5, 5.41) is 0. The van der Waals surface area contributed by atoms with Crippen LogP contribution in [-0.4, -0.2) is 6.04 Å². The summed E-state index contributed by atoms with van der Waals surface area (Å²) in [5.74, 6) is 6.33. The second-order valence-corrected chi connectivity index (χ2v) is 5.10. The van der Waals surface area contributed by atoms with Crippen LogP contribution < -0.4 is 11.3 Å². The van der Waals surface area contributed by atoms with Crippen molar-refractivity contribution >= 4 is 0 Å². The van der Waals surface area contributed by atoms with Gasteiger partial charge in [-0.15, -0.1) is 0 Å². The first-order chi connectivity index (χ1) is 7.76. The molecule has 0 fully saturated rings. The minimum Gasteiger partial charge on any atom is -0.271 e. The predicted molar refractivity (Wildman–Crippen MR) is 73.2 cm³/mol. The first-order valence-electron chi connectivity index (χ1n) is 7.22. The summed E-state index contributed by atoms with van der Waals surface area (Å²) in [7, 11) is 0. The van der Waals surface area contributed by atoms with Crippen molar-refractivity contribution in [3.63, 3.8) is 0 Å². The minimum absolute atomic E-state index is 0.520. The molecule has 0 saturated heterocycles. The maximum Gasteiger partial charge on any atom is 0.0236 e. The van der Waals surface area contributed by atoms with E-state index in [9.17, 15) is 0 Å². The lowest BCUT2D eigenvalue weighted by atomic mass is 9.93. The van der Waals surface area contributed by atoms with Gasteiger partial charge in [-0.2, -0.15) is 0 Å². The second kappa shape index (κ2) is 11.4. The highest BCUT2D eigenvalue weighted by Crippen LogP contribution is 2.16. The van der Waals surface area contributed by atoms with Crippen LogP contribution in [0.15, 0.2) is 0 Å². The fourth-order valence-corrected chi connectivity index (χ4v) is 2.33. The Balaban J connectivity index is 3.47. The van der Waals surface area contributed by atoms with Gasteiger partial charge in [-0.25, -0.2) is 0 Å². The van der Waals surface area contributed by atoms with E-state index in [2.05, 4.69) is 26.2 Å². The van der Waals surface area contributed by atoms with Gasteiger partial charge in [0, 0.05) is 6.04 Å². The standard InChI is InChI=1S/C14H32N2/c1-4-6-7-8-9-10-12-14(16-15)13(3)11-5-2/h13-14,16H,4-12,15H2,1-3H3. The topological polar surface area (TPSA) is 38.0 Å². The van der Waals surface area contributed by atoms with Crippen LogP contribution in [0.3, 0.4) is 0 Å². The summed E-state index contributed by atoms with van der Waals surface area (Å²) in [5.41, 5.74) is 2.99. The van der Waals surface area contributed by atoms with E-state index in [1.165, 1.54) is 57.8 Å². The monoisotopic (exact) mass is 228 g/mol. The molecule has 0 amide bonds. The summed E-state index contributed by atoms with van der Waals surface area (Å²) in [6.45, 7) is 6.82. The average Bonchev–Trinajstić information content (AvgIpc) is 2.28. The Labute approximate surface area is 102 Å². The Hall–Kier alpha value is -0.0800. The number of unbranched alkanes of at least 4 members (excludes halogenated alkanes) is 5. The first-order valence-corrected chi connectivity index (χ1v) is 7.22. The van der Waals surface area contributed by atoms with Crippen molar-refractivity contribution < 1.29 is 0 Å². The summed E-state index contributed by atoms with van der Waals surface area (Å²) in [6, 6.07) is 0.520. The maximum absolute atomic E-state index is 5.62. The Morgan fingerprint density at radius 2 is 1.50 bits per heavy atom. The molecule has 0 bridgehead atoms. The third-order valence-corrected chi connectivity index (χ3v) is 3.51. The molecule has 0 saturated carbocycles. The average molecular weight is 228 g/mol. The molecular formula is C14H32N2. The molecule has 0 aliphatic carbocycles. The lowest BCUT2D eigenvalue weighted by Crippen LogP contribution is -2.39. The van der Waals surface area contributed by atoms with Crippen LogP contribution in [0.1, 0.15) is 78.6 Å². The van der Waals surface area contributed by atoms with E-state index in [0.29, 0.717) is 12.0 Å². The fourth-order valence-electron chi connectivity index (χ4n) is 2.33. The molecule has 0 aromatic rings. The molecule has 3 N–H and O–H groups in total. The van der Waals surface area contributed by atoms with Crippen molar-refractivity contribution in [2.75, 3.05) is 0 Å². The summed E-state index contributed by atoms with van der Waals surface area (Å²) in [4.78, 5) is 0. The number of nitrogens with two attached hydrogens (primary N) is 1. The number of hydrogen-bond donors (Lipinski definition) is 2. The van der Waals surface area contributed by atoms with Gasteiger partial charge in [0.25, 0.3) is 0 Å². The van der Waals surface area contributed by atoms with Gasteiger partial charge in [0.1, 0.15) is 0 Å². The maximum atomic E-state index is 5.62. The van der Waals surface area contributed by atoms with E-state index in [1.54, 1.807) is 0 Å². The molecule has 0 rings (SSSR count). The van der Waals surface area contributed by atoms with E-state index in [0.717, 1.165) is 0 Å². The summed E-state index contributed by atoms with van der Waals surface area (Å²) >= 11 is 0. The number of rotatable bonds is 11. The second-order valence-electron chi connectivity index (χ2n) is 5.10. The fraction of sp³-hybridized carbons (Fsp3) is 1.00. The molecule has 0 aromatic heterocycles. The van der Waals surface area contributed by atoms with Crippen molar-refractivity contribution in [2.24, 2.45) is 11.8 Å². The molecule has 0 aromatic carbocycles. The Bertz CT molecular complexity index is 137. The zero-order chi connectivity index (χ0) is 12.2. The molecule has 0 spiro atoms. The number of hydrazine groups is 1. The van der Waals surface area contributed by atoms with Crippen molar-refractivity contribution in [3.05, 3.63) is 0 Å². The normalized spacial score (nSPS) is 15.0. The van der Waals surface area contributed by atoms with E-state index in [4.69, 9.17) is 5.84 Å².